The molecule has 1 fully saturated rings. The Bertz CT molecular complexity index is 497. The van der Waals surface area contributed by atoms with Gasteiger partial charge in [0.05, 0.1) is 12.8 Å². The number of aliphatic imine (C=N–C) groups is 1. The van der Waals surface area contributed by atoms with Crippen LogP contribution in [-0.4, -0.2) is 31.0 Å². The Morgan fingerprint density at radius 2 is 2.04 bits per heavy atom. The summed E-state index contributed by atoms with van der Waals surface area (Å²) < 4.78 is 5.18. The largest absolute Gasteiger partial charge is 0.467 e. The molecule has 7 heteroatoms. The molecule has 0 radical (unpaired) electrons. The first-order valence-electron chi connectivity index (χ1n) is 8.51. The minimum absolute atomic E-state index is 0. The van der Waals surface area contributed by atoms with Crippen LogP contribution in [0.5, 0.6) is 0 Å². The van der Waals surface area contributed by atoms with Crippen molar-refractivity contribution in [1.29, 1.82) is 0 Å². The third-order valence-corrected chi connectivity index (χ3v) is 4.12. The summed E-state index contributed by atoms with van der Waals surface area (Å²) in [5.74, 6) is 2.17. The summed E-state index contributed by atoms with van der Waals surface area (Å²) in [7, 11) is 0. The molecule has 0 atom stereocenters. The molecule has 1 aliphatic carbocycles. The Kier molecular flexibility index (Phi) is 9.82. The van der Waals surface area contributed by atoms with Gasteiger partial charge in [0.2, 0.25) is 5.91 Å². The standard InChI is InChI=1S/C17H28N4O2.HI/c1-3-18-17(21-14-8-6-13(2)7-9-14)20-12-16(22)19-11-15-5-4-10-23-15;/h4-5,10,13-14H,3,6-9,11-12H2,1-2H3,(H,19,22)(H2,18,20,21);1H. The van der Waals surface area contributed by atoms with Gasteiger partial charge in [-0.1, -0.05) is 6.92 Å². The van der Waals surface area contributed by atoms with Crippen LogP contribution in [-0.2, 0) is 11.3 Å². The molecule has 136 valence electrons. The van der Waals surface area contributed by atoms with Crippen LogP contribution in [0.2, 0.25) is 0 Å². The van der Waals surface area contributed by atoms with Crippen molar-refractivity contribution in [2.75, 3.05) is 13.1 Å². The van der Waals surface area contributed by atoms with E-state index in [1.807, 2.05) is 13.0 Å². The van der Waals surface area contributed by atoms with Crippen molar-refractivity contribution in [1.82, 2.24) is 16.0 Å². The molecule has 24 heavy (non-hydrogen) atoms. The predicted molar refractivity (Wildman–Crippen MR) is 107 cm³/mol. The lowest BCUT2D eigenvalue weighted by molar-refractivity contribution is -0.119. The van der Waals surface area contributed by atoms with Crippen LogP contribution in [0.4, 0.5) is 0 Å². The monoisotopic (exact) mass is 448 g/mol. The maximum absolute atomic E-state index is 11.9. The molecule has 0 saturated heterocycles. The Hall–Kier alpha value is -1.25. The third-order valence-electron chi connectivity index (χ3n) is 4.12. The van der Waals surface area contributed by atoms with E-state index in [9.17, 15) is 4.79 Å². The van der Waals surface area contributed by atoms with Crippen LogP contribution in [0.3, 0.4) is 0 Å². The summed E-state index contributed by atoms with van der Waals surface area (Å²) >= 11 is 0. The van der Waals surface area contributed by atoms with Gasteiger partial charge in [0.1, 0.15) is 12.3 Å². The van der Waals surface area contributed by atoms with Crippen LogP contribution >= 0.6 is 24.0 Å². The summed E-state index contributed by atoms with van der Waals surface area (Å²) in [6.45, 7) is 5.62. The van der Waals surface area contributed by atoms with Crippen molar-refractivity contribution < 1.29 is 9.21 Å². The van der Waals surface area contributed by atoms with E-state index in [2.05, 4.69) is 27.9 Å². The molecule has 0 bridgehead atoms. The molecule has 1 heterocycles. The van der Waals surface area contributed by atoms with Gasteiger partial charge in [-0.2, -0.15) is 0 Å². The molecular weight excluding hydrogens is 419 g/mol. The highest BCUT2D eigenvalue weighted by Gasteiger charge is 2.18. The number of carbonyl (C=O) groups excluding carboxylic acids is 1. The van der Waals surface area contributed by atoms with Gasteiger partial charge in [-0.25, -0.2) is 4.99 Å². The van der Waals surface area contributed by atoms with Crippen molar-refractivity contribution in [3.05, 3.63) is 24.2 Å². The van der Waals surface area contributed by atoms with Gasteiger partial charge in [0.25, 0.3) is 0 Å². The highest BCUT2D eigenvalue weighted by molar-refractivity contribution is 14.0. The number of nitrogens with zero attached hydrogens (tertiary/aromatic N) is 1. The summed E-state index contributed by atoms with van der Waals surface area (Å²) in [4.78, 5) is 16.2. The minimum atomic E-state index is -0.115. The maximum Gasteiger partial charge on any atom is 0.242 e. The van der Waals surface area contributed by atoms with E-state index in [0.29, 0.717) is 12.6 Å². The smallest absolute Gasteiger partial charge is 0.242 e. The van der Waals surface area contributed by atoms with Gasteiger partial charge in [-0.15, -0.1) is 24.0 Å². The van der Waals surface area contributed by atoms with E-state index in [4.69, 9.17) is 4.42 Å². The highest BCUT2D eigenvalue weighted by Crippen LogP contribution is 2.23. The van der Waals surface area contributed by atoms with E-state index < -0.39 is 0 Å². The summed E-state index contributed by atoms with van der Waals surface area (Å²) in [6.07, 6.45) is 6.42. The zero-order valence-corrected chi connectivity index (χ0v) is 16.8. The van der Waals surface area contributed by atoms with Crippen molar-refractivity contribution in [2.24, 2.45) is 10.9 Å². The van der Waals surface area contributed by atoms with Gasteiger partial charge in [0, 0.05) is 12.6 Å². The number of rotatable bonds is 6. The van der Waals surface area contributed by atoms with E-state index in [1.54, 1.807) is 12.3 Å². The SMILES string of the molecule is CCNC(=NCC(=O)NCc1ccco1)NC1CCC(C)CC1.I. The van der Waals surface area contributed by atoms with Crippen LogP contribution < -0.4 is 16.0 Å². The topological polar surface area (TPSA) is 78.7 Å². The first-order chi connectivity index (χ1) is 11.2. The van der Waals surface area contributed by atoms with Crippen LogP contribution in [0.25, 0.3) is 0 Å². The molecule has 6 nitrogen and oxygen atoms in total. The molecule has 0 aliphatic heterocycles. The van der Waals surface area contributed by atoms with Gasteiger partial charge in [-0.05, 0) is 50.7 Å². The molecule has 2 rings (SSSR count). The number of guanidine groups is 1. The van der Waals surface area contributed by atoms with E-state index >= 15 is 0 Å². The Labute approximate surface area is 161 Å². The van der Waals surface area contributed by atoms with Gasteiger partial charge in [0.15, 0.2) is 5.96 Å². The number of carbonyl (C=O) groups is 1. The molecule has 0 aromatic carbocycles. The number of halogens is 1. The second-order valence-electron chi connectivity index (χ2n) is 6.15. The molecule has 1 aromatic heterocycles. The van der Waals surface area contributed by atoms with Crippen molar-refractivity contribution in [2.45, 2.75) is 52.1 Å². The average Bonchev–Trinajstić information content (AvgIpc) is 3.06. The van der Waals surface area contributed by atoms with E-state index in [0.717, 1.165) is 37.0 Å². The van der Waals surface area contributed by atoms with Crippen LogP contribution in [0.1, 0.15) is 45.3 Å². The van der Waals surface area contributed by atoms with E-state index in [-0.39, 0.29) is 36.4 Å². The van der Waals surface area contributed by atoms with Crippen LogP contribution in [0.15, 0.2) is 27.8 Å². The number of hydrogen-bond acceptors (Lipinski definition) is 3. The molecule has 0 spiro atoms. The molecule has 1 amide bonds. The fourth-order valence-corrected chi connectivity index (χ4v) is 2.72. The Morgan fingerprint density at radius 3 is 2.67 bits per heavy atom. The fraction of sp³-hybridized carbons (Fsp3) is 0.647. The second-order valence-corrected chi connectivity index (χ2v) is 6.15. The molecular formula is C17H29IN4O2. The first kappa shape index (κ1) is 20.8. The van der Waals surface area contributed by atoms with Gasteiger partial charge in [-0.3, -0.25) is 4.79 Å². The lowest BCUT2D eigenvalue weighted by Crippen LogP contribution is -2.45. The number of hydrogen-bond donors (Lipinski definition) is 3. The lowest BCUT2D eigenvalue weighted by Gasteiger charge is -2.28. The zero-order chi connectivity index (χ0) is 16.5. The quantitative estimate of drug-likeness (QED) is 0.355. The molecule has 3 N–H and O–H groups in total. The fourth-order valence-electron chi connectivity index (χ4n) is 2.72. The molecule has 1 aliphatic rings. The maximum atomic E-state index is 11.9. The number of furan rings is 1. The molecule has 1 aromatic rings. The number of amides is 1. The summed E-state index contributed by atoms with van der Waals surface area (Å²) in [5.41, 5.74) is 0. The van der Waals surface area contributed by atoms with Gasteiger partial charge < -0.3 is 20.4 Å². The van der Waals surface area contributed by atoms with Crippen LogP contribution in [0, 0.1) is 5.92 Å². The first-order valence-corrected chi connectivity index (χ1v) is 8.51. The van der Waals surface area contributed by atoms with Gasteiger partial charge >= 0.3 is 0 Å². The normalized spacial score (nSPS) is 20.8. The second kappa shape index (κ2) is 11.3. The predicted octanol–water partition coefficient (Wildman–Crippen LogP) is 2.65. The summed E-state index contributed by atoms with van der Waals surface area (Å²) in [5, 5.41) is 9.45. The highest BCUT2D eigenvalue weighted by atomic mass is 127. The summed E-state index contributed by atoms with van der Waals surface area (Å²) in [6, 6.07) is 4.09. The third kappa shape index (κ3) is 7.55. The Balaban J connectivity index is 0.00000288. The van der Waals surface area contributed by atoms with Crippen molar-refractivity contribution >= 4 is 35.8 Å². The van der Waals surface area contributed by atoms with Crippen molar-refractivity contribution in [3.8, 4) is 0 Å². The number of nitrogens with one attached hydrogen (secondary N) is 3. The van der Waals surface area contributed by atoms with Crippen molar-refractivity contribution in [3.63, 3.8) is 0 Å². The minimum Gasteiger partial charge on any atom is -0.467 e. The lowest BCUT2D eigenvalue weighted by atomic mass is 9.87. The molecule has 0 unspecified atom stereocenters. The Morgan fingerprint density at radius 1 is 1.29 bits per heavy atom. The molecule has 1 saturated carbocycles. The zero-order valence-electron chi connectivity index (χ0n) is 14.5. The average molecular weight is 448 g/mol. The van der Waals surface area contributed by atoms with E-state index in [1.165, 1.54) is 12.8 Å².